The zero-order valence-electron chi connectivity index (χ0n) is 15.8. The molecule has 30 heavy (non-hydrogen) atoms. The lowest BCUT2D eigenvalue weighted by Crippen LogP contribution is -2.53. The molecule has 1 aromatic carbocycles. The van der Waals surface area contributed by atoms with Crippen molar-refractivity contribution >= 4 is 51.9 Å². The Hall–Kier alpha value is -2.54. The highest BCUT2D eigenvalue weighted by Gasteiger charge is 2.26. The van der Waals surface area contributed by atoms with Crippen LogP contribution >= 0.6 is 24.0 Å². The average Bonchev–Trinajstić information content (AvgIpc) is 2.72. The number of amides is 2. The van der Waals surface area contributed by atoms with Crippen molar-refractivity contribution in [3.05, 3.63) is 35.9 Å². The van der Waals surface area contributed by atoms with Crippen LogP contribution in [-0.2, 0) is 19.2 Å². The van der Waals surface area contributed by atoms with Crippen LogP contribution in [0.5, 0.6) is 0 Å². The fraction of sp³-hybridized carbons (Fsp3) is 0.389. The number of aliphatic carboxylic acids is 2. The second-order valence-electron chi connectivity index (χ2n) is 6.15. The number of rotatable bonds is 12. The summed E-state index contributed by atoms with van der Waals surface area (Å²) in [5, 5.41) is 32.2. The minimum absolute atomic E-state index is 0.0917. The maximum absolute atomic E-state index is 12.3. The summed E-state index contributed by atoms with van der Waals surface area (Å²) >= 11 is 6.14. The third-order valence-electron chi connectivity index (χ3n) is 3.78. The summed E-state index contributed by atoms with van der Waals surface area (Å²) < 4.78 is 0.154. The molecule has 0 aliphatic carbocycles. The van der Waals surface area contributed by atoms with E-state index in [4.69, 9.17) is 28.2 Å². The van der Waals surface area contributed by atoms with E-state index in [0.717, 1.165) is 11.8 Å². The predicted octanol–water partition coefficient (Wildman–Crippen LogP) is -0.342. The molecule has 7 N–H and O–H groups in total. The van der Waals surface area contributed by atoms with E-state index in [0.29, 0.717) is 5.56 Å². The van der Waals surface area contributed by atoms with Crippen molar-refractivity contribution in [2.75, 3.05) is 12.3 Å². The quantitative estimate of drug-likeness (QED) is 0.227. The van der Waals surface area contributed by atoms with Crippen molar-refractivity contribution in [1.82, 2.24) is 10.6 Å². The summed E-state index contributed by atoms with van der Waals surface area (Å²) in [4.78, 5) is 45.8. The number of aliphatic hydroxyl groups is 1. The van der Waals surface area contributed by atoms with E-state index in [-0.39, 0.29) is 22.8 Å². The Morgan fingerprint density at radius 3 is 2.27 bits per heavy atom. The highest BCUT2D eigenvalue weighted by molar-refractivity contribution is 8.23. The molecular weight excluding hydrogens is 434 g/mol. The number of carbonyl (C=O) groups is 4. The van der Waals surface area contributed by atoms with Gasteiger partial charge in [-0.15, -0.1) is 11.8 Å². The van der Waals surface area contributed by atoms with Crippen LogP contribution in [0.25, 0.3) is 0 Å². The van der Waals surface area contributed by atoms with E-state index < -0.39 is 48.5 Å². The maximum atomic E-state index is 12.3. The number of thiocarbonyl (C=S) groups is 1. The number of hydrogen-bond donors (Lipinski definition) is 6. The number of benzene rings is 1. The van der Waals surface area contributed by atoms with Crippen molar-refractivity contribution in [3.63, 3.8) is 0 Å². The molecule has 0 saturated carbocycles. The number of hydrogen-bond acceptors (Lipinski definition) is 8. The van der Waals surface area contributed by atoms with Crippen LogP contribution in [0.15, 0.2) is 30.3 Å². The van der Waals surface area contributed by atoms with Crippen LogP contribution in [0.4, 0.5) is 0 Å². The number of thioether (sulfide) groups is 1. The molecule has 0 aliphatic rings. The molecule has 3 atom stereocenters. The monoisotopic (exact) mass is 457 g/mol. The number of carboxylic acid groups (broad SMARTS) is 2. The maximum Gasteiger partial charge on any atom is 0.322 e. The number of aliphatic hydroxyl groups excluding tert-OH is 1. The predicted molar refractivity (Wildman–Crippen MR) is 114 cm³/mol. The highest BCUT2D eigenvalue weighted by Crippen LogP contribution is 2.22. The molecule has 0 aromatic heterocycles. The molecule has 0 bridgehead atoms. The SMILES string of the molecule is N[C@@H](CCC(=O)O)C(=O)N[C@@H](CSC(=S)[C@H](O)c1ccccc1)C(=O)NCC(=O)O. The van der Waals surface area contributed by atoms with Gasteiger partial charge >= 0.3 is 11.9 Å². The Balaban J connectivity index is 2.76. The second-order valence-corrected chi connectivity index (χ2v) is 7.91. The van der Waals surface area contributed by atoms with Gasteiger partial charge in [-0.05, 0) is 12.0 Å². The van der Waals surface area contributed by atoms with Crippen LogP contribution in [0.2, 0.25) is 0 Å². The zero-order valence-corrected chi connectivity index (χ0v) is 17.4. The molecule has 12 heteroatoms. The highest BCUT2D eigenvalue weighted by atomic mass is 32.2. The first-order valence-corrected chi connectivity index (χ1v) is 10.2. The third kappa shape index (κ3) is 9.31. The Bertz CT molecular complexity index is 776. The van der Waals surface area contributed by atoms with Crippen molar-refractivity contribution in [3.8, 4) is 0 Å². The van der Waals surface area contributed by atoms with E-state index in [9.17, 15) is 24.3 Å². The van der Waals surface area contributed by atoms with E-state index in [1.807, 2.05) is 0 Å². The molecule has 0 unspecified atom stereocenters. The first-order valence-electron chi connectivity index (χ1n) is 8.78. The van der Waals surface area contributed by atoms with E-state index in [1.54, 1.807) is 30.3 Å². The van der Waals surface area contributed by atoms with Gasteiger partial charge in [0.15, 0.2) is 0 Å². The molecule has 0 radical (unpaired) electrons. The second kappa shape index (κ2) is 12.9. The van der Waals surface area contributed by atoms with E-state index >= 15 is 0 Å². The zero-order chi connectivity index (χ0) is 22.7. The molecule has 2 amide bonds. The van der Waals surface area contributed by atoms with Crippen LogP contribution in [0.3, 0.4) is 0 Å². The molecule has 0 fully saturated rings. The summed E-state index contributed by atoms with van der Waals surface area (Å²) in [5.74, 6) is -4.02. The first-order chi connectivity index (χ1) is 14.1. The summed E-state index contributed by atoms with van der Waals surface area (Å²) in [7, 11) is 0. The lowest BCUT2D eigenvalue weighted by molar-refractivity contribution is -0.138. The summed E-state index contributed by atoms with van der Waals surface area (Å²) in [6.45, 7) is -0.655. The molecular formula is C18H23N3O7S2. The van der Waals surface area contributed by atoms with Gasteiger partial charge in [-0.25, -0.2) is 0 Å². The first kappa shape index (κ1) is 25.5. The van der Waals surface area contributed by atoms with Crippen molar-refractivity contribution in [2.24, 2.45) is 5.73 Å². The average molecular weight is 458 g/mol. The number of nitrogens with one attached hydrogen (secondary N) is 2. The summed E-state index contributed by atoms with van der Waals surface area (Å²) in [6, 6.07) is 6.23. The van der Waals surface area contributed by atoms with Gasteiger partial charge in [0.05, 0.1) is 10.2 Å². The minimum Gasteiger partial charge on any atom is -0.481 e. The summed E-state index contributed by atoms with van der Waals surface area (Å²) in [6.07, 6.45) is -1.54. The van der Waals surface area contributed by atoms with Gasteiger partial charge in [-0.1, -0.05) is 42.5 Å². The lowest BCUT2D eigenvalue weighted by atomic mass is 10.1. The molecule has 1 rings (SSSR count). The molecule has 0 saturated heterocycles. The van der Waals surface area contributed by atoms with Crippen LogP contribution < -0.4 is 16.4 Å². The molecule has 0 spiro atoms. The topological polar surface area (TPSA) is 179 Å². The molecule has 10 nitrogen and oxygen atoms in total. The van der Waals surface area contributed by atoms with Gasteiger partial charge in [-0.3, -0.25) is 19.2 Å². The van der Waals surface area contributed by atoms with Gasteiger partial charge in [0, 0.05) is 12.2 Å². The van der Waals surface area contributed by atoms with Crippen molar-refractivity contribution in [2.45, 2.75) is 31.0 Å². The summed E-state index contributed by atoms with van der Waals surface area (Å²) in [5.41, 5.74) is 6.20. The van der Waals surface area contributed by atoms with Crippen molar-refractivity contribution in [1.29, 1.82) is 0 Å². The molecule has 0 aliphatic heterocycles. The van der Waals surface area contributed by atoms with Gasteiger partial charge in [-0.2, -0.15) is 0 Å². The number of carboxylic acids is 2. The van der Waals surface area contributed by atoms with Crippen LogP contribution in [0.1, 0.15) is 24.5 Å². The number of nitrogens with two attached hydrogens (primary N) is 1. The Morgan fingerprint density at radius 1 is 1.07 bits per heavy atom. The smallest absolute Gasteiger partial charge is 0.322 e. The normalized spacial score (nSPS) is 13.5. The largest absolute Gasteiger partial charge is 0.481 e. The lowest BCUT2D eigenvalue weighted by Gasteiger charge is -2.21. The van der Waals surface area contributed by atoms with Crippen molar-refractivity contribution < 1.29 is 34.5 Å². The van der Waals surface area contributed by atoms with Gasteiger partial charge in [0.2, 0.25) is 11.8 Å². The van der Waals surface area contributed by atoms with Crippen LogP contribution in [-0.4, -0.2) is 67.7 Å². The molecule has 0 heterocycles. The number of carbonyl (C=O) groups excluding carboxylic acids is 2. The third-order valence-corrected chi connectivity index (χ3v) is 5.37. The molecule has 1 aromatic rings. The van der Waals surface area contributed by atoms with E-state index in [2.05, 4.69) is 10.6 Å². The standard InChI is InChI=1S/C18H23N3O7S2/c19-11(6-7-13(22)23)16(27)21-12(17(28)20-8-14(24)25)9-30-18(29)15(26)10-4-2-1-3-5-10/h1-5,11-12,15,26H,6-9,19H2,(H,20,28)(H,21,27)(H,22,23)(H,24,25)/t11-,12-,15+/m0/s1. The van der Waals surface area contributed by atoms with Crippen LogP contribution in [0, 0.1) is 0 Å². The fourth-order valence-electron chi connectivity index (χ4n) is 2.17. The van der Waals surface area contributed by atoms with E-state index in [1.165, 1.54) is 0 Å². The Labute approximate surface area is 182 Å². The Kier molecular flexibility index (Phi) is 11.0. The molecule has 164 valence electrons. The minimum atomic E-state index is -1.27. The van der Waals surface area contributed by atoms with Gasteiger partial charge in [0.25, 0.3) is 0 Å². The Morgan fingerprint density at radius 2 is 1.70 bits per heavy atom. The fourth-order valence-corrected chi connectivity index (χ4v) is 3.37. The van der Waals surface area contributed by atoms with Gasteiger partial charge in [0.1, 0.15) is 18.7 Å². The van der Waals surface area contributed by atoms with Gasteiger partial charge < -0.3 is 31.7 Å².